The van der Waals surface area contributed by atoms with E-state index in [1.807, 2.05) is 84.9 Å². The first-order valence-electron chi connectivity index (χ1n) is 14.2. The van der Waals surface area contributed by atoms with E-state index in [4.69, 9.17) is 19.5 Å². The minimum absolute atomic E-state index is 0.278. The van der Waals surface area contributed by atoms with Crippen LogP contribution in [0.25, 0.3) is 32.7 Å². The highest BCUT2D eigenvalue weighted by Gasteiger charge is 2.46. The lowest BCUT2D eigenvalue weighted by molar-refractivity contribution is 0.404. The Morgan fingerprint density at radius 1 is 0.556 bits per heavy atom. The van der Waals surface area contributed by atoms with Gasteiger partial charge in [0.2, 0.25) is 5.66 Å². The Kier molecular flexibility index (Phi) is 6.55. The number of aromatic hydroxyl groups is 4. The van der Waals surface area contributed by atoms with Crippen molar-refractivity contribution in [2.45, 2.75) is 5.66 Å². The molecule has 222 valence electrons. The SMILES string of the molecule is COc1cccc2c1-c1c(OC)cccc1C2(N=Cc1c(O)c(O)cc2ccccc12)N=Cc1c(O)c(O)cc2ccccc12. The molecule has 8 nitrogen and oxygen atoms in total. The first-order chi connectivity index (χ1) is 21.9. The van der Waals surface area contributed by atoms with Gasteiger partial charge in [0, 0.05) is 45.8 Å². The van der Waals surface area contributed by atoms with Crippen LogP contribution in [0, 0.1) is 0 Å². The lowest BCUT2D eigenvalue weighted by atomic mass is 9.96. The van der Waals surface area contributed by atoms with Crippen molar-refractivity contribution in [1.82, 2.24) is 0 Å². The quantitative estimate of drug-likeness (QED) is 0.119. The zero-order valence-electron chi connectivity index (χ0n) is 24.4. The van der Waals surface area contributed by atoms with Crippen molar-refractivity contribution in [3.8, 4) is 45.6 Å². The van der Waals surface area contributed by atoms with E-state index in [0.29, 0.717) is 44.5 Å². The third kappa shape index (κ3) is 4.22. The van der Waals surface area contributed by atoms with Gasteiger partial charge in [0.15, 0.2) is 23.0 Å². The molecule has 0 atom stereocenters. The maximum Gasteiger partial charge on any atom is 0.202 e. The van der Waals surface area contributed by atoms with Crippen molar-refractivity contribution in [3.63, 3.8) is 0 Å². The molecule has 6 aromatic rings. The molecule has 45 heavy (non-hydrogen) atoms. The number of methoxy groups -OCH3 is 2. The highest BCUT2D eigenvalue weighted by atomic mass is 16.5. The highest BCUT2D eigenvalue weighted by Crippen LogP contribution is 2.57. The number of rotatable bonds is 6. The van der Waals surface area contributed by atoms with Crippen LogP contribution < -0.4 is 9.47 Å². The van der Waals surface area contributed by atoms with Gasteiger partial charge in [0.05, 0.1) is 14.2 Å². The summed E-state index contributed by atoms with van der Waals surface area (Å²) in [6.45, 7) is 0. The number of phenols is 4. The summed E-state index contributed by atoms with van der Waals surface area (Å²) in [7, 11) is 3.18. The normalized spacial score (nSPS) is 13.5. The van der Waals surface area contributed by atoms with Crippen LogP contribution in [-0.2, 0) is 5.66 Å². The van der Waals surface area contributed by atoms with Crippen molar-refractivity contribution in [2.24, 2.45) is 9.98 Å². The fourth-order valence-electron chi connectivity index (χ4n) is 6.23. The summed E-state index contributed by atoms with van der Waals surface area (Å²) in [5, 5.41) is 46.0. The van der Waals surface area contributed by atoms with Crippen LogP contribution in [0.1, 0.15) is 22.3 Å². The Morgan fingerprint density at radius 3 is 1.40 bits per heavy atom. The van der Waals surface area contributed by atoms with E-state index in [0.717, 1.165) is 21.9 Å². The molecule has 6 aromatic carbocycles. The molecule has 0 heterocycles. The molecular formula is C37H28N2O6. The van der Waals surface area contributed by atoms with Gasteiger partial charge in [-0.1, -0.05) is 72.8 Å². The minimum Gasteiger partial charge on any atom is -0.504 e. The van der Waals surface area contributed by atoms with Crippen LogP contribution in [0.3, 0.4) is 0 Å². The van der Waals surface area contributed by atoms with E-state index >= 15 is 0 Å². The van der Waals surface area contributed by atoms with Crippen LogP contribution in [0.5, 0.6) is 34.5 Å². The number of fused-ring (bicyclic) bond motifs is 5. The molecule has 0 unspecified atom stereocenters. The van der Waals surface area contributed by atoms with E-state index in [2.05, 4.69) is 0 Å². The van der Waals surface area contributed by atoms with Crippen molar-refractivity contribution < 1.29 is 29.9 Å². The summed E-state index contributed by atoms with van der Waals surface area (Å²) in [5.74, 6) is -0.0200. The summed E-state index contributed by atoms with van der Waals surface area (Å²) in [6, 6.07) is 28.9. The first-order valence-corrected chi connectivity index (χ1v) is 14.2. The van der Waals surface area contributed by atoms with E-state index in [1.54, 1.807) is 14.2 Å². The molecule has 7 rings (SSSR count). The van der Waals surface area contributed by atoms with Gasteiger partial charge in [-0.3, -0.25) is 9.98 Å². The molecule has 0 aromatic heterocycles. The van der Waals surface area contributed by atoms with Gasteiger partial charge in [0.1, 0.15) is 11.5 Å². The number of benzene rings is 6. The van der Waals surface area contributed by atoms with Crippen LogP contribution in [0.4, 0.5) is 0 Å². The number of nitrogens with zero attached hydrogens (tertiary/aromatic N) is 2. The molecule has 4 N–H and O–H groups in total. The number of ether oxygens (including phenoxy) is 2. The van der Waals surface area contributed by atoms with Gasteiger partial charge < -0.3 is 29.9 Å². The van der Waals surface area contributed by atoms with Crippen LogP contribution in [-0.4, -0.2) is 47.1 Å². The largest absolute Gasteiger partial charge is 0.504 e. The molecule has 0 radical (unpaired) electrons. The van der Waals surface area contributed by atoms with Crippen molar-refractivity contribution in [2.75, 3.05) is 14.2 Å². The predicted octanol–water partition coefficient (Wildman–Crippen LogP) is 7.25. The summed E-state index contributed by atoms with van der Waals surface area (Å²) in [6.07, 6.45) is 3.01. The second-order valence-corrected chi connectivity index (χ2v) is 10.7. The van der Waals surface area contributed by atoms with Gasteiger partial charge in [-0.15, -0.1) is 0 Å². The average Bonchev–Trinajstić information content (AvgIpc) is 3.35. The monoisotopic (exact) mass is 596 g/mol. The zero-order chi connectivity index (χ0) is 31.3. The van der Waals surface area contributed by atoms with Gasteiger partial charge >= 0.3 is 0 Å². The second kappa shape index (κ2) is 10.6. The molecular weight excluding hydrogens is 568 g/mol. The van der Waals surface area contributed by atoms with Crippen molar-refractivity contribution >= 4 is 34.0 Å². The maximum absolute atomic E-state index is 11.0. The molecule has 0 spiro atoms. The molecule has 1 aliphatic carbocycles. The Morgan fingerprint density at radius 2 is 0.978 bits per heavy atom. The minimum atomic E-state index is -1.47. The summed E-state index contributed by atoms with van der Waals surface area (Å²) in [4.78, 5) is 10.2. The number of hydrogen-bond acceptors (Lipinski definition) is 8. The summed E-state index contributed by atoms with van der Waals surface area (Å²) < 4.78 is 11.6. The Hall–Kier alpha value is -6.02. The van der Waals surface area contributed by atoms with Gasteiger partial charge in [-0.25, -0.2) is 0 Å². The molecule has 0 bridgehead atoms. The topological polar surface area (TPSA) is 124 Å². The summed E-state index contributed by atoms with van der Waals surface area (Å²) in [5.41, 5.74) is 1.96. The number of hydrogen-bond donors (Lipinski definition) is 4. The maximum atomic E-state index is 11.0. The zero-order valence-corrected chi connectivity index (χ0v) is 24.4. The smallest absolute Gasteiger partial charge is 0.202 e. The second-order valence-electron chi connectivity index (χ2n) is 10.7. The molecule has 0 saturated heterocycles. The van der Waals surface area contributed by atoms with Gasteiger partial charge in [0.25, 0.3) is 0 Å². The van der Waals surface area contributed by atoms with E-state index in [1.165, 1.54) is 24.6 Å². The van der Waals surface area contributed by atoms with Gasteiger partial charge in [-0.2, -0.15) is 0 Å². The molecule has 1 aliphatic rings. The Labute approximate surface area is 258 Å². The predicted molar refractivity (Wildman–Crippen MR) is 176 cm³/mol. The third-order valence-corrected chi connectivity index (χ3v) is 8.34. The van der Waals surface area contributed by atoms with Crippen LogP contribution in [0.2, 0.25) is 0 Å². The van der Waals surface area contributed by atoms with Gasteiger partial charge in [-0.05, 0) is 45.8 Å². The lowest BCUT2D eigenvalue weighted by Gasteiger charge is -2.24. The Balaban J connectivity index is 1.57. The highest BCUT2D eigenvalue weighted by molar-refractivity contribution is 6.06. The molecule has 0 amide bonds. The molecule has 8 heteroatoms. The molecule has 0 saturated carbocycles. The van der Waals surface area contributed by atoms with Crippen LogP contribution in [0.15, 0.2) is 107 Å². The van der Waals surface area contributed by atoms with Crippen molar-refractivity contribution in [3.05, 3.63) is 119 Å². The lowest BCUT2D eigenvalue weighted by Crippen LogP contribution is -2.21. The number of aliphatic imine (C=N–C) groups is 2. The standard InChI is InChI=1S/C37H28N2O6/c1-44-31-15-7-13-27-33(31)34-28(14-8-16-32(34)45-2)37(27,38-19-25-23-11-5-3-9-21(23)17-29(40)35(25)42)39-20-26-24-12-6-4-10-22(24)18-30(41)36(26)43/h3-20,40-43H,1-2H3. The fourth-order valence-corrected chi connectivity index (χ4v) is 6.23. The van der Waals surface area contributed by atoms with Crippen molar-refractivity contribution in [1.29, 1.82) is 0 Å². The third-order valence-electron chi connectivity index (χ3n) is 8.34. The average molecular weight is 597 g/mol. The van der Waals surface area contributed by atoms with E-state index < -0.39 is 5.66 Å². The number of phenolic OH excluding ortho intramolecular Hbond substituents is 4. The Bertz CT molecular complexity index is 2050. The molecule has 0 fully saturated rings. The van der Waals surface area contributed by atoms with Crippen LogP contribution >= 0.6 is 0 Å². The molecule has 0 aliphatic heterocycles. The summed E-state index contributed by atoms with van der Waals surface area (Å²) >= 11 is 0. The van der Waals surface area contributed by atoms with E-state index in [-0.39, 0.29) is 23.0 Å². The first kappa shape index (κ1) is 27.8. The van der Waals surface area contributed by atoms with E-state index in [9.17, 15) is 20.4 Å². The fraction of sp³-hybridized carbons (Fsp3) is 0.0811.